The minimum atomic E-state index is -0.713. The number of rotatable bonds is 4. The van der Waals surface area contributed by atoms with Crippen LogP contribution in [0, 0.1) is 0 Å². The smallest absolute Gasteiger partial charge is 0.279 e. The van der Waals surface area contributed by atoms with Crippen molar-refractivity contribution in [1.82, 2.24) is 16.2 Å². The first kappa shape index (κ1) is 18.3. The Morgan fingerprint density at radius 2 is 2.09 bits per heavy atom. The predicted octanol–water partition coefficient (Wildman–Crippen LogP) is 3.31. The van der Waals surface area contributed by atoms with Crippen molar-refractivity contribution >= 4 is 50.8 Å². The fraction of sp³-hybridized carbons (Fsp3) is 0.467. The molecule has 5 nitrogen and oxygen atoms in total. The van der Waals surface area contributed by atoms with Crippen molar-refractivity contribution in [3.05, 3.63) is 27.7 Å². The zero-order valence-electron chi connectivity index (χ0n) is 12.7. The summed E-state index contributed by atoms with van der Waals surface area (Å²) in [7, 11) is 0. The molecule has 1 fully saturated rings. The topological polar surface area (TPSA) is 62.4 Å². The molecule has 0 aromatic heterocycles. The van der Waals surface area contributed by atoms with Crippen LogP contribution in [0.1, 0.15) is 32.6 Å². The number of hydrazine groups is 1. The number of carbonyl (C=O) groups excluding carboxylic acids is 1. The summed E-state index contributed by atoms with van der Waals surface area (Å²) < 4.78 is 6.40. The lowest BCUT2D eigenvalue weighted by Gasteiger charge is -2.19. The molecule has 1 aliphatic carbocycles. The van der Waals surface area contributed by atoms with Crippen LogP contribution in [0.15, 0.2) is 22.7 Å². The maximum absolute atomic E-state index is 12.0. The normalized spacial score (nSPS) is 15.8. The van der Waals surface area contributed by atoms with Crippen LogP contribution in [0.5, 0.6) is 5.75 Å². The highest BCUT2D eigenvalue weighted by Crippen LogP contribution is 2.28. The van der Waals surface area contributed by atoms with E-state index in [0.29, 0.717) is 21.9 Å². The van der Waals surface area contributed by atoms with Gasteiger partial charge in [0.1, 0.15) is 5.75 Å². The third kappa shape index (κ3) is 5.82. The van der Waals surface area contributed by atoms with Gasteiger partial charge in [0.15, 0.2) is 11.2 Å². The molecule has 0 spiro atoms. The van der Waals surface area contributed by atoms with Crippen molar-refractivity contribution < 1.29 is 9.53 Å². The number of thiocarbonyl (C=S) groups is 1. The zero-order valence-corrected chi connectivity index (χ0v) is 15.9. The van der Waals surface area contributed by atoms with Crippen molar-refractivity contribution in [3.63, 3.8) is 0 Å². The first-order valence-electron chi connectivity index (χ1n) is 7.44. The lowest BCUT2D eigenvalue weighted by atomic mass is 10.3. The highest BCUT2D eigenvalue weighted by Gasteiger charge is 2.18. The Kier molecular flexibility index (Phi) is 6.92. The Hall–Kier alpha value is -1.05. The van der Waals surface area contributed by atoms with Gasteiger partial charge in [0.05, 0.1) is 5.02 Å². The third-order valence-electron chi connectivity index (χ3n) is 3.56. The Balaban J connectivity index is 1.76. The fourth-order valence-corrected chi connectivity index (χ4v) is 3.26. The van der Waals surface area contributed by atoms with Gasteiger partial charge < -0.3 is 10.1 Å². The molecule has 1 amide bonds. The second-order valence-corrected chi connectivity index (χ2v) is 7.14. The van der Waals surface area contributed by atoms with Gasteiger partial charge in [-0.05, 0) is 50.2 Å². The van der Waals surface area contributed by atoms with Crippen molar-refractivity contribution in [1.29, 1.82) is 0 Å². The average Bonchev–Trinajstić information content (AvgIpc) is 3.00. The largest absolute Gasteiger partial charge is 0.479 e. The minimum absolute atomic E-state index is 0.334. The number of ether oxygens (including phenoxy) is 1. The van der Waals surface area contributed by atoms with E-state index in [4.69, 9.17) is 28.6 Å². The van der Waals surface area contributed by atoms with E-state index >= 15 is 0 Å². The fourth-order valence-electron chi connectivity index (χ4n) is 2.33. The Labute approximate surface area is 154 Å². The third-order valence-corrected chi connectivity index (χ3v) is 4.57. The molecule has 3 N–H and O–H groups in total. The molecule has 0 saturated heterocycles. The molecule has 2 rings (SSSR count). The number of amides is 1. The van der Waals surface area contributed by atoms with Crippen LogP contribution in [0.2, 0.25) is 5.02 Å². The van der Waals surface area contributed by atoms with Gasteiger partial charge >= 0.3 is 0 Å². The van der Waals surface area contributed by atoms with Gasteiger partial charge in [0, 0.05) is 10.5 Å². The molecule has 1 atom stereocenters. The molecule has 8 heteroatoms. The minimum Gasteiger partial charge on any atom is -0.479 e. The molecule has 1 aliphatic rings. The maximum Gasteiger partial charge on any atom is 0.279 e. The molecule has 23 heavy (non-hydrogen) atoms. The number of halogens is 2. The first-order chi connectivity index (χ1) is 11.0. The monoisotopic (exact) mass is 419 g/mol. The summed E-state index contributed by atoms with van der Waals surface area (Å²) in [5.74, 6) is 0.115. The molecular formula is C15H19BrClN3O2S. The Morgan fingerprint density at radius 3 is 2.74 bits per heavy atom. The average molecular weight is 421 g/mol. The number of carbonyl (C=O) groups is 1. The number of nitrogens with one attached hydrogen (secondary N) is 3. The second-order valence-electron chi connectivity index (χ2n) is 5.40. The van der Waals surface area contributed by atoms with E-state index in [-0.39, 0.29) is 5.91 Å². The molecule has 1 aromatic carbocycles. The lowest BCUT2D eigenvalue weighted by Crippen LogP contribution is -2.52. The van der Waals surface area contributed by atoms with E-state index < -0.39 is 6.10 Å². The van der Waals surface area contributed by atoms with Gasteiger partial charge in [-0.1, -0.05) is 40.4 Å². The number of hydrogen-bond donors (Lipinski definition) is 3. The van der Waals surface area contributed by atoms with Crippen LogP contribution in [0.25, 0.3) is 0 Å². The van der Waals surface area contributed by atoms with Crippen molar-refractivity contribution in [3.8, 4) is 5.75 Å². The summed E-state index contributed by atoms with van der Waals surface area (Å²) in [6, 6.07) is 5.60. The van der Waals surface area contributed by atoms with Gasteiger partial charge in [-0.3, -0.25) is 15.6 Å². The van der Waals surface area contributed by atoms with Gasteiger partial charge in [0.25, 0.3) is 5.91 Å². The highest BCUT2D eigenvalue weighted by molar-refractivity contribution is 9.10. The molecular weight excluding hydrogens is 402 g/mol. The van der Waals surface area contributed by atoms with Gasteiger partial charge in [-0.2, -0.15) is 0 Å². The standard InChI is InChI=1S/C15H19BrClN3O2S/c1-9(22-13-7-6-10(16)8-12(13)17)14(21)19-20-15(23)18-11-4-2-3-5-11/h6-9,11H,2-5H2,1H3,(H,19,21)(H2,18,20,23). The molecule has 0 aliphatic heterocycles. The first-order valence-corrected chi connectivity index (χ1v) is 9.01. The van der Waals surface area contributed by atoms with E-state index in [0.717, 1.165) is 17.3 Å². The highest BCUT2D eigenvalue weighted by atomic mass is 79.9. The van der Waals surface area contributed by atoms with Crippen LogP contribution in [-0.2, 0) is 4.79 Å². The summed E-state index contributed by atoms with van der Waals surface area (Å²) in [5, 5.41) is 4.03. The second kappa shape index (κ2) is 8.70. The summed E-state index contributed by atoms with van der Waals surface area (Å²) in [4.78, 5) is 12.0. The van der Waals surface area contributed by atoms with Crippen LogP contribution in [0.3, 0.4) is 0 Å². The number of benzene rings is 1. The molecule has 126 valence electrons. The summed E-state index contributed by atoms with van der Waals surface area (Å²) in [6.45, 7) is 1.64. The Morgan fingerprint density at radius 1 is 1.39 bits per heavy atom. The predicted molar refractivity (Wildman–Crippen MR) is 98.5 cm³/mol. The van der Waals surface area contributed by atoms with Gasteiger partial charge in [0.2, 0.25) is 0 Å². The van der Waals surface area contributed by atoms with Crippen molar-refractivity contribution in [2.75, 3.05) is 0 Å². The van der Waals surface area contributed by atoms with Crippen LogP contribution < -0.4 is 20.9 Å². The summed E-state index contributed by atoms with van der Waals surface area (Å²) in [6.07, 6.45) is 3.93. The van der Waals surface area contributed by atoms with Crippen LogP contribution >= 0.6 is 39.7 Å². The molecule has 1 aromatic rings. The van der Waals surface area contributed by atoms with E-state index in [2.05, 4.69) is 32.1 Å². The van der Waals surface area contributed by atoms with Crippen molar-refractivity contribution in [2.45, 2.75) is 44.8 Å². The molecule has 1 saturated carbocycles. The lowest BCUT2D eigenvalue weighted by molar-refractivity contribution is -0.127. The van der Waals surface area contributed by atoms with Gasteiger partial charge in [-0.25, -0.2) is 0 Å². The molecule has 0 bridgehead atoms. The maximum atomic E-state index is 12.0. The zero-order chi connectivity index (χ0) is 16.8. The SMILES string of the molecule is CC(Oc1ccc(Br)cc1Cl)C(=O)NNC(=S)NC1CCCC1. The number of hydrogen-bond acceptors (Lipinski definition) is 3. The molecule has 0 radical (unpaired) electrons. The van der Waals surface area contributed by atoms with Crippen molar-refractivity contribution in [2.24, 2.45) is 0 Å². The van der Waals surface area contributed by atoms with Gasteiger partial charge in [-0.15, -0.1) is 0 Å². The van der Waals surface area contributed by atoms with E-state index in [9.17, 15) is 4.79 Å². The Bertz CT molecular complexity index is 582. The summed E-state index contributed by atoms with van der Waals surface area (Å²) in [5.41, 5.74) is 5.24. The van der Waals surface area contributed by atoms with E-state index in [1.54, 1.807) is 25.1 Å². The van der Waals surface area contributed by atoms with E-state index in [1.807, 2.05) is 0 Å². The molecule has 0 heterocycles. The van der Waals surface area contributed by atoms with Crippen LogP contribution in [-0.4, -0.2) is 23.2 Å². The quantitative estimate of drug-likeness (QED) is 0.515. The van der Waals surface area contributed by atoms with Crippen LogP contribution in [0.4, 0.5) is 0 Å². The molecule has 1 unspecified atom stereocenters. The summed E-state index contributed by atoms with van der Waals surface area (Å²) >= 11 is 14.5. The van der Waals surface area contributed by atoms with E-state index in [1.165, 1.54) is 12.8 Å².